The highest BCUT2D eigenvalue weighted by Gasteiger charge is 2.14. The Labute approximate surface area is 92.6 Å². The molecule has 1 atom stereocenters. The fourth-order valence-electron chi connectivity index (χ4n) is 1.03. The summed E-state index contributed by atoms with van der Waals surface area (Å²) in [5.74, 6) is -1.51. The number of benzene rings is 1. The van der Waals surface area contributed by atoms with Crippen molar-refractivity contribution in [2.24, 2.45) is 5.92 Å². The quantitative estimate of drug-likeness (QED) is 0.849. The molecule has 16 heavy (non-hydrogen) atoms. The number of anilines is 1. The summed E-state index contributed by atoms with van der Waals surface area (Å²) in [7, 11) is 1.44. The molecule has 0 radical (unpaired) electrons. The highest BCUT2D eigenvalue weighted by Crippen LogP contribution is 2.21. The lowest BCUT2D eigenvalue weighted by molar-refractivity contribution is -0.117. The van der Waals surface area contributed by atoms with Gasteiger partial charge in [0.05, 0.1) is 18.9 Å². The van der Waals surface area contributed by atoms with E-state index < -0.39 is 17.6 Å². The molecule has 1 N–H and O–H groups in total. The van der Waals surface area contributed by atoms with E-state index in [0.29, 0.717) is 5.75 Å². The third kappa shape index (κ3) is 2.70. The summed E-state index contributed by atoms with van der Waals surface area (Å²) in [5, 5.41) is 10.8. The van der Waals surface area contributed by atoms with Crippen LogP contribution in [-0.4, -0.2) is 13.0 Å². The van der Waals surface area contributed by atoms with Gasteiger partial charge in [0.25, 0.3) is 0 Å². The molecule has 0 aromatic heterocycles. The fraction of sp³-hybridized carbons (Fsp3) is 0.273. The first kappa shape index (κ1) is 12.0. The van der Waals surface area contributed by atoms with E-state index in [2.05, 4.69) is 5.32 Å². The molecule has 0 unspecified atom stereocenters. The first-order chi connectivity index (χ1) is 7.58. The standard InChI is InChI=1S/C11H11FN2O2/c1-7(6-13)11(15)14-10-5-8(16-2)3-4-9(10)12/h3-5,7H,1-2H3,(H,14,15)/t7-/m0/s1. The normalized spacial score (nSPS) is 11.4. The molecule has 0 bridgehead atoms. The highest BCUT2D eigenvalue weighted by atomic mass is 19.1. The fourth-order valence-corrected chi connectivity index (χ4v) is 1.03. The largest absolute Gasteiger partial charge is 0.497 e. The minimum Gasteiger partial charge on any atom is -0.497 e. The smallest absolute Gasteiger partial charge is 0.241 e. The summed E-state index contributed by atoms with van der Waals surface area (Å²) in [6.07, 6.45) is 0. The molecule has 0 aliphatic heterocycles. The Kier molecular flexibility index (Phi) is 3.84. The average molecular weight is 222 g/mol. The van der Waals surface area contributed by atoms with Crippen molar-refractivity contribution in [3.05, 3.63) is 24.0 Å². The van der Waals surface area contributed by atoms with Gasteiger partial charge in [0.1, 0.15) is 17.5 Å². The Morgan fingerprint density at radius 2 is 2.31 bits per heavy atom. The zero-order valence-electron chi connectivity index (χ0n) is 8.95. The molecule has 0 aliphatic carbocycles. The van der Waals surface area contributed by atoms with E-state index in [1.807, 2.05) is 0 Å². The summed E-state index contributed by atoms with van der Waals surface area (Å²) in [6, 6.07) is 5.75. The van der Waals surface area contributed by atoms with Gasteiger partial charge in [-0.15, -0.1) is 0 Å². The zero-order valence-corrected chi connectivity index (χ0v) is 8.95. The SMILES string of the molecule is COc1ccc(F)c(NC(=O)[C@@H](C)C#N)c1. The van der Waals surface area contributed by atoms with E-state index in [1.54, 1.807) is 6.07 Å². The molecule has 0 fully saturated rings. The first-order valence-electron chi connectivity index (χ1n) is 4.62. The topological polar surface area (TPSA) is 62.1 Å². The van der Waals surface area contributed by atoms with Gasteiger partial charge in [-0.25, -0.2) is 4.39 Å². The highest BCUT2D eigenvalue weighted by molar-refractivity contribution is 5.94. The Hall–Kier alpha value is -2.09. The molecular weight excluding hydrogens is 211 g/mol. The zero-order chi connectivity index (χ0) is 12.1. The summed E-state index contributed by atoms with van der Waals surface area (Å²) in [5.41, 5.74) is 0.00597. The van der Waals surface area contributed by atoms with Gasteiger partial charge in [-0.1, -0.05) is 0 Å². The molecule has 0 saturated carbocycles. The van der Waals surface area contributed by atoms with Gasteiger partial charge in [-0.3, -0.25) is 4.79 Å². The van der Waals surface area contributed by atoms with Crippen LogP contribution in [0.5, 0.6) is 5.75 Å². The Balaban J connectivity index is 2.89. The molecule has 0 aliphatic rings. The van der Waals surface area contributed by atoms with E-state index in [-0.39, 0.29) is 5.69 Å². The lowest BCUT2D eigenvalue weighted by Gasteiger charge is -2.08. The number of halogens is 1. The maximum absolute atomic E-state index is 13.3. The number of hydrogen-bond acceptors (Lipinski definition) is 3. The van der Waals surface area contributed by atoms with Crippen molar-refractivity contribution in [3.8, 4) is 11.8 Å². The molecule has 0 saturated heterocycles. The molecule has 1 aromatic carbocycles. The molecule has 84 valence electrons. The Morgan fingerprint density at radius 1 is 1.62 bits per heavy atom. The summed E-state index contributed by atoms with van der Waals surface area (Å²) < 4.78 is 18.2. The summed E-state index contributed by atoms with van der Waals surface area (Å²) in [4.78, 5) is 11.4. The van der Waals surface area contributed by atoms with Crippen LogP contribution in [0.4, 0.5) is 10.1 Å². The number of hydrogen-bond donors (Lipinski definition) is 1. The van der Waals surface area contributed by atoms with Crippen LogP contribution in [0.1, 0.15) is 6.92 Å². The second-order valence-corrected chi connectivity index (χ2v) is 3.19. The lowest BCUT2D eigenvalue weighted by atomic mass is 10.2. The van der Waals surface area contributed by atoms with Crippen LogP contribution in [0.25, 0.3) is 0 Å². The van der Waals surface area contributed by atoms with Gasteiger partial charge in [-0.2, -0.15) is 5.26 Å². The van der Waals surface area contributed by atoms with Crippen LogP contribution in [-0.2, 0) is 4.79 Å². The van der Waals surface area contributed by atoms with Crippen molar-refractivity contribution in [1.29, 1.82) is 5.26 Å². The number of carbonyl (C=O) groups excluding carboxylic acids is 1. The van der Waals surface area contributed by atoms with E-state index >= 15 is 0 Å². The van der Waals surface area contributed by atoms with E-state index in [9.17, 15) is 9.18 Å². The molecule has 4 nitrogen and oxygen atoms in total. The third-order valence-corrected chi connectivity index (χ3v) is 2.02. The molecule has 0 spiro atoms. The summed E-state index contributed by atoms with van der Waals surface area (Å²) in [6.45, 7) is 1.44. The number of rotatable bonds is 3. The van der Waals surface area contributed by atoms with Gasteiger partial charge in [-0.05, 0) is 19.1 Å². The Bertz CT molecular complexity index is 440. The van der Waals surface area contributed by atoms with Gasteiger partial charge >= 0.3 is 0 Å². The van der Waals surface area contributed by atoms with Crippen molar-refractivity contribution < 1.29 is 13.9 Å². The van der Waals surface area contributed by atoms with Crippen molar-refractivity contribution in [3.63, 3.8) is 0 Å². The summed E-state index contributed by atoms with van der Waals surface area (Å²) >= 11 is 0. The number of nitriles is 1. The molecule has 1 amide bonds. The molecule has 1 rings (SSSR count). The predicted octanol–water partition coefficient (Wildman–Crippen LogP) is 1.93. The van der Waals surface area contributed by atoms with Crippen LogP contribution in [0.15, 0.2) is 18.2 Å². The Morgan fingerprint density at radius 3 is 2.88 bits per heavy atom. The van der Waals surface area contributed by atoms with Gasteiger partial charge in [0.15, 0.2) is 0 Å². The average Bonchev–Trinajstić information content (AvgIpc) is 2.30. The van der Waals surface area contributed by atoms with Gasteiger partial charge < -0.3 is 10.1 Å². The van der Waals surface area contributed by atoms with Crippen LogP contribution in [0, 0.1) is 23.1 Å². The maximum atomic E-state index is 13.3. The first-order valence-corrected chi connectivity index (χ1v) is 4.62. The third-order valence-electron chi connectivity index (χ3n) is 2.02. The number of amides is 1. The van der Waals surface area contributed by atoms with Crippen molar-refractivity contribution in [2.45, 2.75) is 6.92 Å². The van der Waals surface area contributed by atoms with E-state index in [4.69, 9.17) is 10.00 Å². The second-order valence-electron chi connectivity index (χ2n) is 3.19. The van der Waals surface area contributed by atoms with E-state index in [1.165, 1.54) is 32.2 Å². The second kappa shape index (κ2) is 5.12. The van der Waals surface area contributed by atoms with Crippen molar-refractivity contribution >= 4 is 11.6 Å². The predicted molar refractivity (Wildman–Crippen MR) is 56.4 cm³/mol. The van der Waals surface area contributed by atoms with Crippen LogP contribution >= 0.6 is 0 Å². The molecular formula is C11H11FN2O2. The number of nitrogens with zero attached hydrogens (tertiary/aromatic N) is 1. The molecule has 1 aromatic rings. The monoisotopic (exact) mass is 222 g/mol. The van der Waals surface area contributed by atoms with Gasteiger partial charge in [0, 0.05) is 6.07 Å². The van der Waals surface area contributed by atoms with Crippen molar-refractivity contribution in [2.75, 3.05) is 12.4 Å². The number of ether oxygens (including phenoxy) is 1. The van der Waals surface area contributed by atoms with Crippen LogP contribution < -0.4 is 10.1 Å². The van der Waals surface area contributed by atoms with Crippen molar-refractivity contribution in [1.82, 2.24) is 0 Å². The molecule has 5 heteroatoms. The number of methoxy groups -OCH3 is 1. The van der Waals surface area contributed by atoms with Crippen LogP contribution in [0.2, 0.25) is 0 Å². The van der Waals surface area contributed by atoms with E-state index in [0.717, 1.165) is 0 Å². The van der Waals surface area contributed by atoms with Gasteiger partial charge in [0.2, 0.25) is 5.91 Å². The number of carbonyl (C=O) groups is 1. The van der Waals surface area contributed by atoms with Crippen LogP contribution in [0.3, 0.4) is 0 Å². The minimum absolute atomic E-state index is 0.00597. The lowest BCUT2D eigenvalue weighted by Crippen LogP contribution is -2.19. The molecule has 0 heterocycles. The number of nitrogens with one attached hydrogen (secondary N) is 1. The minimum atomic E-state index is -0.828. The maximum Gasteiger partial charge on any atom is 0.241 e.